The minimum Gasteiger partial charge on any atom is -0.494 e. The van der Waals surface area contributed by atoms with Crippen LogP contribution in [0.4, 0.5) is 34.5 Å². The summed E-state index contributed by atoms with van der Waals surface area (Å²) in [6, 6.07) is 8.94. The number of nitrogens with one attached hydrogen (secondary N) is 3. The maximum absolute atomic E-state index is 5.92. The van der Waals surface area contributed by atoms with Crippen molar-refractivity contribution in [3.63, 3.8) is 0 Å². The number of likely N-dealkylation sites (N-methyl/N-ethyl adjacent to an activating group) is 1. The Morgan fingerprint density at radius 3 is 2.50 bits per heavy atom. The smallest absolute Gasteiger partial charge is 0.229 e. The van der Waals surface area contributed by atoms with Gasteiger partial charge in [0.05, 0.1) is 29.7 Å². The summed E-state index contributed by atoms with van der Waals surface area (Å²) in [6.07, 6.45) is 12.1. The van der Waals surface area contributed by atoms with Crippen molar-refractivity contribution < 1.29 is 4.74 Å². The van der Waals surface area contributed by atoms with E-state index in [4.69, 9.17) is 9.72 Å². The SMILES string of the molecule is C=Cc1cnc(Nc2cc(CC)c(N3CCC(N4CCN(C)CC4)CC3)cc2OC)nc1Nc1ccc2nccnc2c1NSC. The summed E-state index contributed by atoms with van der Waals surface area (Å²) >= 11 is 1.49. The van der Waals surface area contributed by atoms with Gasteiger partial charge in [0.1, 0.15) is 17.1 Å². The molecule has 0 bridgehead atoms. The average molecular weight is 641 g/mol. The standard InChI is InChI=1S/C34H44N10OS/c1-6-23-20-28(30(45-4)21-29(23)44-14-10-25(11-15-44)43-18-16-42(3)17-19-43)39-34-37-22-24(7-2)33(40-34)38-27-9-8-26-31(32(27)41-46-5)36-13-12-35-26/h7-9,12-13,20-22,25,41H,2,6,10-11,14-19H2,1,3-5H3,(H2,37,38,39,40). The van der Waals surface area contributed by atoms with E-state index in [-0.39, 0.29) is 0 Å². The fourth-order valence-corrected chi connectivity index (χ4v) is 6.82. The van der Waals surface area contributed by atoms with Crippen molar-refractivity contribution in [1.29, 1.82) is 0 Å². The summed E-state index contributed by atoms with van der Waals surface area (Å²) < 4.78 is 9.27. The molecule has 3 N–H and O–H groups in total. The molecule has 0 unspecified atom stereocenters. The maximum Gasteiger partial charge on any atom is 0.229 e. The van der Waals surface area contributed by atoms with Gasteiger partial charge in [0.2, 0.25) is 5.95 Å². The lowest BCUT2D eigenvalue weighted by Crippen LogP contribution is -2.52. The fourth-order valence-electron chi connectivity index (χ4n) is 6.41. The number of aryl methyl sites for hydroxylation is 1. The van der Waals surface area contributed by atoms with Crippen molar-refractivity contribution in [3.05, 3.63) is 60.6 Å². The number of nitrogens with zero attached hydrogens (tertiary/aromatic N) is 7. The fraction of sp³-hybridized carbons (Fsp3) is 0.412. The van der Waals surface area contributed by atoms with Gasteiger partial charge >= 0.3 is 0 Å². The van der Waals surface area contributed by atoms with Gasteiger partial charge in [0, 0.05) is 87.5 Å². The third kappa shape index (κ3) is 6.84. The number of ether oxygens (including phenoxy) is 1. The van der Waals surface area contributed by atoms with Crippen molar-refractivity contribution in [2.45, 2.75) is 32.2 Å². The first-order chi connectivity index (χ1) is 22.5. The van der Waals surface area contributed by atoms with Gasteiger partial charge in [-0.05, 0) is 50.1 Å². The molecule has 2 aromatic carbocycles. The Balaban J connectivity index is 1.23. The number of hydrogen-bond acceptors (Lipinski definition) is 12. The normalized spacial score (nSPS) is 16.4. The van der Waals surface area contributed by atoms with E-state index in [2.05, 4.69) is 77.7 Å². The van der Waals surface area contributed by atoms with Crippen LogP contribution >= 0.6 is 11.9 Å². The second kappa shape index (κ2) is 14.5. The second-order valence-electron chi connectivity index (χ2n) is 11.8. The Kier molecular flexibility index (Phi) is 10.1. The topological polar surface area (TPSA) is 107 Å². The van der Waals surface area contributed by atoms with Crippen LogP contribution in [0.1, 0.15) is 30.9 Å². The highest BCUT2D eigenvalue weighted by molar-refractivity contribution is 7.99. The molecule has 0 aliphatic carbocycles. The summed E-state index contributed by atoms with van der Waals surface area (Å²) in [5, 5.41) is 6.91. The van der Waals surface area contributed by atoms with Crippen molar-refractivity contribution in [3.8, 4) is 5.75 Å². The van der Waals surface area contributed by atoms with E-state index >= 15 is 0 Å². The summed E-state index contributed by atoms with van der Waals surface area (Å²) in [7, 11) is 3.94. The number of aromatic nitrogens is 4. The quantitative estimate of drug-likeness (QED) is 0.167. The average Bonchev–Trinajstić information content (AvgIpc) is 3.09. The largest absolute Gasteiger partial charge is 0.494 e. The molecule has 6 rings (SSSR count). The molecule has 12 heteroatoms. The highest BCUT2D eigenvalue weighted by atomic mass is 32.2. The first-order valence-electron chi connectivity index (χ1n) is 16.0. The molecule has 0 spiro atoms. The van der Waals surface area contributed by atoms with Crippen molar-refractivity contribution >= 4 is 63.6 Å². The molecule has 2 saturated heterocycles. The van der Waals surface area contributed by atoms with Crippen LogP contribution in [0.25, 0.3) is 17.1 Å². The number of rotatable bonds is 11. The third-order valence-corrected chi connectivity index (χ3v) is 9.43. The molecule has 0 amide bonds. The molecular weight excluding hydrogens is 597 g/mol. The summed E-state index contributed by atoms with van der Waals surface area (Å²) in [5.41, 5.74) is 7.36. The first kappa shape index (κ1) is 31.8. The summed E-state index contributed by atoms with van der Waals surface area (Å²) in [4.78, 5) is 26.1. The van der Waals surface area contributed by atoms with E-state index in [1.54, 1.807) is 31.8 Å². The van der Waals surface area contributed by atoms with Gasteiger partial charge < -0.3 is 29.9 Å². The zero-order chi connectivity index (χ0) is 32.0. The van der Waals surface area contributed by atoms with Gasteiger partial charge in [-0.15, -0.1) is 0 Å². The highest BCUT2D eigenvalue weighted by Crippen LogP contribution is 2.38. The van der Waals surface area contributed by atoms with Crippen LogP contribution in [0, 0.1) is 0 Å². The van der Waals surface area contributed by atoms with Gasteiger partial charge in [-0.3, -0.25) is 14.9 Å². The van der Waals surface area contributed by atoms with E-state index < -0.39 is 0 Å². The predicted molar refractivity (Wildman–Crippen MR) is 192 cm³/mol. The molecule has 2 aliphatic heterocycles. The number of piperazine rings is 1. The number of fused-ring (bicyclic) bond motifs is 1. The number of benzene rings is 2. The van der Waals surface area contributed by atoms with Crippen LogP contribution in [-0.2, 0) is 6.42 Å². The Labute approximate surface area is 276 Å². The van der Waals surface area contributed by atoms with Gasteiger partial charge in [-0.1, -0.05) is 31.5 Å². The Hall–Kier alpha value is -4.13. The monoisotopic (exact) mass is 640 g/mol. The van der Waals surface area contributed by atoms with Crippen molar-refractivity contribution in [2.24, 2.45) is 0 Å². The molecule has 46 heavy (non-hydrogen) atoms. The predicted octanol–water partition coefficient (Wildman–Crippen LogP) is 6.03. The van der Waals surface area contributed by atoms with Crippen LogP contribution in [0.5, 0.6) is 5.75 Å². The molecule has 2 aromatic heterocycles. The minimum atomic E-state index is 0.453. The lowest BCUT2D eigenvalue weighted by molar-refractivity contribution is 0.0982. The van der Waals surface area contributed by atoms with Gasteiger partial charge in [-0.25, -0.2) is 4.98 Å². The van der Waals surface area contributed by atoms with Crippen LogP contribution in [0.2, 0.25) is 0 Å². The molecule has 0 atom stereocenters. The van der Waals surface area contributed by atoms with Crippen LogP contribution < -0.4 is 25.0 Å². The molecule has 0 saturated carbocycles. The van der Waals surface area contributed by atoms with Crippen molar-refractivity contribution in [2.75, 3.05) is 79.9 Å². The Bertz CT molecular complexity index is 1670. The van der Waals surface area contributed by atoms with Crippen LogP contribution in [0.15, 0.2) is 49.4 Å². The molecule has 0 radical (unpaired) electrons. The van der Waals surface area contributed by atoms with Crippen LogP contribution in [0.3, 0.4) is 0 Å². The number of hydrogen-bond donors (Lipinski definition) is 3. The first-order valence-corrected chi connectivity index (χ1v) is 17.2. The van der Waals surface area contributed by atoms with E-state index in [0.717, 1.165) is 58.9 Å². The lowest BCUT2D eigenvalue weighted by Gasteiger charge is -2.43. The second-order valence-corrected chi connectivity index (χ2v) is 12.4. The molecule has 2 aliphatic rings. The number of anilines is 6. The molecule has 4 aromatic rings. The van der Waals surface area contributed by atoms with Gasteiger partial charge in [-0.2, -0.15) is 4.98 Å². The molecule has 242 valence electrons. The van der Waals surface area contributed by atoms with E-state index in [1.807, 2.05) is 18.4 Å². The molecule has 4 heterocycles. The number of methoxy groups -OCH3 is 1. The zero-order valence-electron chi connectivity index (χ0n) is 27.2. The third-order valence-electron chi connectivity index (χ3n) is 9.02. The zero-order valence-corrected chi connectivity index (χ0v) is 28.0. The summed E-state index contributed by atoms with van der Waals surface area (Å²) in [5.74, 6) is 1.84. The van der Waals surface area contributed by atoms with Gasteiger partial charge in [0.15, 0.2) is 0 Å². The molecular formula is C34H44N10OS. The Morgan fingerprint density at radius 2 is 1.78 bits per heavy atom. The van der Waals surface area contributed by atoms with E-state index in [9.17, 15) is 0 Å². The Morgan fingerprint density at radius 1 is 1.00 bits per heavy atom. The number of piperidine rings is 1. The highest BCUT2D eigenvalue weighted by Gasteiger charge is 2.28. The minimum absolute atomic E-state index is 0.453. The van der Waals surface area contributed by atoms with Gasteiger partial charge in [0.25, 0.3) is 0 Å². The maximum atomic E-state index is 5.92. The van der Waals surface area contributed by atoms with E-state index in [0.29, 0.717) is 17.8 Å². The molecule has 11 nitrogen and oxygen atoms in total. The summed E-state index contributed by atoms with van der Waals surface area (Å²) in [6.45, 7) is 13.0. The molecule has 2 fully saturated rings. The van der Waals surface area contributed by atoms with Crippen molar-refractivity contribution in [1.82, 2.24) is 29.7 Å². The van der Waals surface area contributed by atoms with E-state index in [1.165, 1.54) is 62.2 Å². The van der Waals surface area contributed by atoms with Crippen LogP contribution in [-0.4, -0.2) is 95.5 Å². The lowest BCUT2D eigenvalue weighted by atomic mass is 9.99.